The zero-order valence-corrected chi connectivity index (χ0v) is 29.4. The fourth-order valence-electron chi connectivity index (χ4n) is 8.56. The molecule has 0 unspecified atom stereocenters. The molecule has 0 aliphatic carbocycles. The Morgan fingerprint density at radius 1 is 0.382 bits per heavy atom. The number of rotatable bonds is 4. The molecule has 0 fully saturated rings. The first-order valence-electron chi connectivity index (χ1n) is 18.5. The lowest BCUT2D eigenvalue weighted by Gasteiger charge is -2.13. The van der Waals surface area contributed by atoms with Crippen molar-refractivity contribution in [1.82, 2.24) is 14.5 Å². The largest absolute Gasteiger partial charge is 0.455 e. The number of nitrogens with zero attached hydrogens (tertiary/aromatic N) is 3. The Labute approximate surface area is 314 Å². The third-order valence-electron chi connectivity index (χ3n) is 11.0. The lowest BCUT2D eigenvalue weighted by Crippen LogP contribution is -2.03. The fourth-order valence-corrected chi connectivity index (χ4v) is 8.56. The Morgan fingerprint density at radius 2 is 0.909 bits per heavy atom. The molecule has 12 aromatic rings. The molecular weight excluding hydrogens is 675 g/mol. The van der Waals surface area contributed by atoms with E-state index in [1.54, 1.807) is 0 Å². The molecule has 0 saturated carbocycles. The van der Waals surface area contributed by atoms with Crippen molar-refractivity contribution in [2.75, 3.05) is 0 Å². The quantitative estimate of drug-likeness (QED) is 0.183. The summed E-state index contributed by atoms with van der Waals surface area (Å²) >= 11 is 0. The third-order valence-corrected chi connectivity index (χ3v) is 11.0. The minimum absolute atomic E-state index is 0.573. The standard InChI is InChI=1S/C50H29N3O2/c1-3-15-30(16-4-1)32-27-33(31-17-5-2-6-18-31)29-34(28-32)45-49-46(39-23-11-14-26-42(39)55-49)52-50(51-45)53-40-24-12-9-21-37(40)43-44-38-22-10-13-25-41(38)54-48(44)36-20-8-7-19-35(36)47(43)53/h1-29H. The molecule has 0 aliphatic heterocycles. The van der Waals surface area contributed by atoms with Crippen LogP contribution in [0.15, 0.2) is 185 Å². The first-order chi connectivity index (χ1) is 27.3. The van der Waals surface area contributed by atoms with Gasteiger partial charge >= 0.3 is 0 Å². The maximum atomic E-state index is 6.70. The monoisotopic (exact) mass is 703 g/mol. The van der Waals surface area contributed by atoms with E-state index in [-0.39, 0.29) is 0 Å². The van der Waals surface area contributed by atoms with Crippen LogP contribution in [0.4, 0.5) is 0 Å². The topological polar surface area (TPSA) is 57.0 Å². The van der Waals surface area contributed by atoms with E-state index in [1.165, 1.54) is 0 Å². The Morgan fingerprint density at radius 3 is 1.62 bits per heavy atom. The van der Waals surface area contributed by atoms with E-state index in [1.807, 2.05) is 24.3 Å². The average Bonchev–Trinajstić information content (AvgIpc) is 3.94. The predicted molar refractivity (Wildman–Crippen MR) is 225 cm³/mol. The normalized spacial score (nSPS) is 12.0. The van der Waals surface area contributed by atoms with E-state index in [4.69, 9.17) is 18.8 Å². The molecule has 4 aromatic heterocycles. The molecule has 12 rings (SSSR count). The van der Waals surface area contributed by atoms with Gasteiger partial charge < -0.3 is 8.83 Å². The summed E-state index contributed by atoms with van der Waals surface area (Å²) in [5.41, 5.74) is 12.1. The second kappa shape index (κ2) is 11.5. The smallest absolute Gasteiger partial charge is 0.236 e. The van der Waals surface area contributed by atoms with Crippen LogP contribution in [-0.2, 0) is 0 Å². The van der Waals surface area contributed by atoms with Gasteiger partial charge in [0.25, 0.3) is 0 Å². The Hall–Kier alpha value is -7.50. The number of para-hydroxylation sites is 3. The van der Waals surface area contributed by atoms with Crippen LogP contribution in [0.25, 0.3) is 116 Å². The molecule has 8 aromatic carbocycles. The lowest BCUT2D eigenvalue weighted by atomic mass is 9.95. The Kier molecular flexibility index (Phi) is 6.27. The molecule has 0 atom stereocenters. The van der Waals surface area contributed by atoms with Crippen molar-refractivity contribution >= 4 is 76.6 Å². The highest BCUT2D eigenvalue weighted by atomic mass is 16.3. The highest BCUT2D eigenvalue weighted by Gasteiger charge is 2.26. The minimum Gasteiger partial charge on any atom is -0.455 e. The summed E-state index contributed by atoms with van der Waals surface area (Å²) in [5.74, 6) is 0.573. The van der Waals surface area contributed by atoms with Gasteiger partial charge in [-0.2, -0.15) is 0 Å². The van der Waals surface area contributed by atoms with Gasteiger partial charge in [0.1, 0.15) is 28.0 Å². The van der Waals surface area contributed by atoms with Crippen molar-refractivity contribution in [3.63, 3.8) is 0 Å². The summed E-state index contributed by atoms with van der Waals surface area (Å²) in [7, 11) is 0. The maximum absolute atomic E-state index is 6.70. The zero-order chi connectivity index (χ0) is 36.0. The summed E-state index contributed by atoms with van der Waals surface area (Å²) in [6.45, 7) is 0. The van der Waals surface area contributed by atoms with E-state index >= 15 is 0 Å². The summed E-state index contributed by atoms with van der Waals surface area (Å²) < 4.78 is 15.6. The van der Waals surface area contributed by atoms with Crippen LogP contribution in [0.1, 0.15) is 0 Å². The minimum atomic E-state index is 0.573. The lowest BCUT2D eigenvalue weighted by molar-refractivity contribution is 0.666. The molecule has 0 aliphatic rings. The number of furan rings is 2. The van der Waals surface area contributed by atoms with Gasteiger partial charge in [0.15, 0.2) is 5.58 Å². The molecule has 256 valence electrons. The average molecular weight is 704 g/mol. The van der Waals surface area contributed by atoms with Gasteiger partial charge in [-0.15, -0.1) is 0 Å². The van der Waals surface area contributed by atoms with Gasteiger partial charge in [-0.3, -0.25) is 4.57 Å². The van der Waals surface area contributed by atoms with E-state index < -0.39 is 0 Å². The van der Waals surface area contributed by atoms with Gasteiger partial charge in [0, 0.05) is 43.3 Å². The highest BCUT2D eigenvalue weighted by molar-refractivity contribution is 6.36. The van der Waals surface area contributed by atoms with Crippen LogP contribution >= 0.6 is 0 Å². The maximum Gasteiger partial charge on any atom is 0.236 e. The van der Waals surface area contributed by atoms with Crippen molar-refractivity contribution in [2.24, 2.45) is 0 Å². The predicted octanol–water partition coefficient (Wildman–Crippen LogP) is 13.5. The van der Waals surface area contributed by atoms with Crippen molar-refractivity contribution in [3.8, 4) is 39.5 Å². The number of fused-ring (bicyclic) bond motifs is 13. The molecule has 0 amide bonds. The number of aromatic nitrogens is 3. The number of hydrogen-bond acceptors (Lipinski definition) is 4. The Balaban J connectivity index is 1.25. The van der Waals surface area contributed by atoms with Crippen molar-refractivity contribution in [1.29, 1.82) is 0 Å². The highest BCUT2D eigenvalue weighted by Crippen LogP contribution is 2.46. The van der Waals surface area contributed by atoms with E-state index in [0.717, 1.165) is 105 Å². The molecule has 4 heterocycles. The van der Waals surface area contributed by atoms with Gasteiger partial charge in [-0.25, -0.2) is 9.97 Å². The van der Waals surface area contributed by atoms with E-state index in [0.29, 0.717) is 11.5 Å². The summed E-state index contributed by atoms with van der Waals surface area (Å²) in [4.78, 5) is 11.0. The molecule has 55 heavy (non-hydrogen) atoms. The molecule has 0 radical (unpaired) electrons. The van der Waals surface area contributed by atoms with Crippen LogP contribution in [-0.4, -0.2) is 14.5 Å². The van der Waals surface area contributed by atoms with Crippen LogP contribution in [0.2, 0.25) is 0 Å². The summed E-state index contributed by atoms with van der Waals surface area (Å²) in [6, 6.07) is 61.3. The second-order valence-corrected chi connectivity index (χ2v) is 14.1. The number of hydrogen-bond donors (Lipinski definition) is 0. The SMILES string of the molecule is c1ccc(-c2cc(-c3ccccc3)cc(-c3nc(-n4c5ccccc5c5c6c7ccccc7oc6c6ccccc6c54)nc4c3oc3ccccc34)c2)cc1. The van der Waals surface area contributed by atoms with E-state index in [9.17, 15) is 0 Å². The molecule has 0 N–H and O–H groups in total. The van der Waals surface area contributed by atoms with Gasteiger partial charge in [0.05, 0.1) is 11.0 Å². The third kappa shape index (κ3) is 4.41. The fraction of sp³-hybridized carbons (Fsp3) is 0. The first-order valence-corrected chi connectivity index (χ1v) is 18.5. The second-order valence-electron chi connectivity index (χ2n) is 14.1. The molecule has 5 nitrogen and oxygen atoms in total. The van der Waals surface area contributed by atoms with Gasteiger partial charge in [-0.05, 0) is 64.7 Å². The van der Waals surface area contributed by atoms with Crippen LogP contribution in [0.5, 0.6) is 0 Å². The molecule has 0 saturated heterocycles. The van der Waals surface area contributed by atoms with Crippen molar-refractivity contribution < 1.29 is 8.83 Å². The Bertz CT molecular complexity index is 3430. The molecule has 5 heteroatoms. The van der Waals surface area contributed by atoms with Crippen molar-refractivity contribution in [2.45, 2.75) is 0 Å². The first kappa shape index (κ1) is 30.0. The van der Waals surface area contributed by atoms with Crippen LogP contribution in [0, 0.1) is 0 Å². The summed E-state index contributed by atoms with van der Waals surface area (Å²) in [5, 5.41) is 7.47. The van der Waals surface area contributed by atoms with Crippen LogP contribution < -0.4 is 0 Å². The number of benzene rings is 8. The van der Waals surface area contributed by atoms with Gasteiger partial charge in [-0.1, -0.05) is 133 Å². The zero-order valence-electron chi connectivity index (χ0n) is 29.4. The molecule has 0 spiro atoms. The van der Waals surface area contributed by atoms with E-state index in [2.05, 4.69) is 156 Å². The molecule has 0 bridgehead atoms. The van der Waals surface area contributed by atoms with Crippen molar-refractivity contribution in [3.05, 3.63) is 176 Å². The summed E-state index contributed by atoms with van der Waals surface area (Å²) in [6.07, 6.45) is 0. The van der Waals surface area contributed by atoms with Gasteiger partial charge in [0.2, 0.25) is 5.95 Å². The molecular formula is C50H29N3O2. The van der Waals surface area contributed by atoms with Crippen LogP contribution in [0.3, 0.4) is 0 Å².